The maximum absolute atomic E-state index is 11.3. The lowest BCUT2D eigenvalue weighted by molar-refractivity contribution is 0.602. The molecule has 0 spiro atoms. The molecular weight excluding hydrogens is 282 g/mol. The van der Waals surface area contributed by atoms with Crippen molar-refractivity contribution in [1.82, 2.24) is 9.97 Å². The summed E-state index contributed by atoms with van der Waals surface area (Å²) in [5, 5.41) is 0.733. The lowest BCUT2D eigenvalue weighted by Gasteiger charge is -2.04. The minimum Gasteiger partial charge on any atom is -0.368 e. The lowest BCUT2D eigenvalue weighted by atomic mass is 10.4. The summed E-state index contributed by atoms with van der Waals surface area (Å²) >= 11 is 1.41. The van der Waals surface area contributed by atoms with E-state index in [1.54, 1.807) is 24.3 Å². The van der Waals surface area contributed by atoms with Crippen molar-refractivity contribution in [3.63, 3.8) is 0 Å². The Kier molecular flexibility index (Phi) is 3.77. The number of hydrogen-bond acceptors (Lipinski definition) is 6. The topological polar surface area (TPSA) is 85.9 Å². The molecule has 0 saturated heterocycles. The molecule has 0 fully saturated rings. The smallest absolute Gasteiger partial charge is 0.221 e. The van der Waals surface area contributed by atoms with Gasteiger partial charge in [-0.05, 0) is 37.3 Å². The maximum Gasteiger partial charge on any atom is 0.221 e. The van der Waals surface area contributed by atoms with Crippen LogP contribution in [0.15, 0.2) is 45.1 Å². The number of nitrogens with zero attached hydrogens (tertiary/aromatic N) is 2. The van der Waals surface area contributed by atoms with Gasteiger partial charge in [0.1, 0.15) is 5.03 Å². The molecule has 0 aliphatic heterocycles. The standard InChI is InChI=1S/C12H13N3O2S2/c1-8-7-11(15-12(13)14-8)18-9-3-5-10(6-4-9)19(2,16)17/h3-7H,1-2H3,(H2,13,14,15). The molecule has 1 aromatic carbocycles. The van der Waals surface area contributed by atoms with Crippen LogP contribution in [-0.4, -0.2) is 24.6 Å². The van der Waals surface area contributed by atoms with Crippen LogP contribution in [0.5, 0.6) is 0 Å². The molecule has 0 bridgehead atoms. The summed E-state index contributed by atoms with van der Waals surface area (Å²) in [4.78, 5) is 9.30. The van der Waals surface area contributed by atoms with Gasteiger partial charge in [-0.1, -0.05) is 11.8 Å². The Morgan fingerprint density at radius 3 is 2.32 bits per heavy atom. The average Bonchev–Trinajstić information content (AvgIpc) is 2.26. The monoisotopic (exact) mass is 295 g/mol. The van der Waals surface area contributed by atoms with Crippen molar-refractivity contribution in [2.75, 3.05) is 12.0 Å². The molecule has 0 saturated carbocycles. The van der Waals surface area contributed by atoms with Gasteiger partial charge in [0.25, 0.3) is 0 Å². The number of sulfone groups is 1. The molecule has 1 aromatic heterocycles. The van der Waals surface area contributed by atoms with Crippen molar-refractivity contribution >= 4 is 27.5 Å². The molecule has 2 N–H and O–H groups in total. The highest BCUT2D eigenvalue weighted by molar-refractivity contribution is 7.99. The first-order chi connectivity index (χ1) is 8.84. The summed E-state index contributed by atoms with van der Waals surface area (Å²) in [6.45, 7) is 1.84. The van der Waals surface area contributed by atoms with E-state index in [1.807, 2.05) is 13.0 Å². The number of rotatable bonds is 3. The van der Waals surface area contributed by atoms with Crippen molar-refractivity contribution in [3.05, 3.63) is 36.0 Å². The molecule has 0 atom stereocenters. The number of aryl methyl sites for hydroxylation is 1. The number of nitrogen functional groups attached to an aromatic ring is 1. The second-order valence-electron chi connectivity index (χ2n) is 4.05. The molecule has 0 aliphatic rings. The van der Waals surface area contributed by atoms with Crippen molar-refractivity contribution in [3.8, 4) is 0 Å². The molecule has 0 unspecified atom stereocenters. The van der Waals surface area contributed by atoms with Gasteiger partial charge in [-0.2, -0.15) is 0 Å². The zero-order valence-electron chi connectivity index (χ0n) is 10.5. The van der Waals surface area contributed by atoms with E-state index in [2.05, 4.69) is 9.97 Å². The second kappa shape index (κ2) is 5.18. The molecule has 19 heavy (non-hydrogen) atoms. The van der Waals surface area contributed by atoms with Gasteiger partial charge in [0.15, 0.2) is 9.84 Å². The molecule has 0 aliphatic carbocycles. The fourth-order valence-corrected chi connectivity index (χ4v) is 3.00. The summed E-state index contributed by atoms with van der Waals surface area (Å²) in [6.07, 6.45) is 1.18. The van der Waals surface area contributed by atoms with E-state index < -0.39 is 9.84 Å². The zero-order valence-corrected chi connectivity index (χ0v) is 12.1. The lowest BCUT2D eigenvalue weighted by Crippen LogP contribution is -1.97. The van der Waals surface area contributed by atoms with Gasteiger partial charge >= 0.3 is 0 Å². The summed E-state index contributed by atoms with van der Waals surface area (Å²) in [6, 6.07) is 8.47. The van der Waals surface area contributed by atoms with Gasteiger partial charge in [0, 0.05) is 16.8 Å². The summed E-state index contributed by atoms with van der Waals surface area (Å²) < 4.78 is 22.7. The zero-order chi connectivity index (χ0) is 14.0. The predicted octanol–water partition coefficient (Wildman–Crippen LogP) is 1.92. The number of benzene rings is 1. The van der Waals surface area contributed by atoms with Gasteiger partial charge in [0.05, 0.1) is 4.90 Å². The van der Waals surface area contributed by atoms with Crippen LogP contribution in [0, 0.1) is 6.92 Å². The first-order valence-electron chi connectivity index (χ1n) is 5.44. The maximum atomic E-state index is 11.3. The van der Waals surface area contributed by atoms with Crippen LogP contribution in [0.25, 0.3) is 0 Å². The first kappa shape index (κ1) is 13.8. The molecular formula is C12H13N3O2S2. The van der Waals surface area contributed by atoms with Crippen LogP contribution < -0.4 is 5.73 Å². The third kappa shape index (κ3) is 3.68. The van der Waals surface area contributed by atoms with Crippen molar-refractivity contribution in [2.24, 2.45) is 0 Å². The molecule has 2 aromatic rings. The summed E-state index contributed by atoms with van der Waals surface area (Å²) in [7, 11) is -3.16. The van der Waals surface area contributed by atoms with Crippen molar-refractivity contribution < 1.29 is 8.42 Å². The minimum absolute atomic E-state index is 0.232. The van der Waals surface area contributed by atoms with Gasteiger partial charge < -0.3 is 5.73 Å². The molecule has 2 rings (SSSR count). The van der Waals surface area contributed by atoms with Crippen molar-refractivity contribution in [2.45, 2.75) is 21.7 Å². The van der Waals surface area contributed by atoms with Crippen LogP contribution in [0.3, 0.4) is 0 Å². The molecule has 5 nitrogen and oxygen atoms in total. The van der Waals surface area contributed by atoms with Crippen LogP contribution in [0.4, 0.5) is 5.95 Å². The second-order valence-corrected chi connectivity index (χ2v) is 7.16. The van der Waals surface area contributed by atoms with E-state index in [-0.39, 0.29) is 5.95 Å². The summed E-state index contributed by atoms with van der Waals surface area (Å²) in [5.74, 6) is 0.232. The molecule has 0 amide bonds. The Morgan fingerprint density at radius 2 is 1.79 bits per heavy atom. The number of aromatic nitrogens is 2. The van der Waals surface area contributed by atoms with Gasteiger partial charge in [-0.15, -0.1) is 0 Å². The van der Waals surface area contributed by atoms with E-state index in [0.717, 1.165) is 15.6 Å². The Hall–Kier alpha value is -1.60. The third-order valence-electron chi connectivity index (χ3n) is 2.32. The van der Waals surface area contributed by atoms with Gasteiger partial charge in [-0.25, -0.2) is 18.4 Å². The van der Waals surface area contributed by atoms with Gasteiger partial charge in [0.2, 0.25) is 5.95 Å². The summed E-state index contributed by atoms with van der Waals surface area (Å²) in [5.41, 5.74) is 6.37. The fourth-order valence-electron chi connectivity index (χ4n) is 1.49. The number of hydrogen-bond donors (Lipinski definition) is 1. The Balaban J connectivity index is 2.24. The van der Waals surface area contributed by atoms with E-state index in [0.29, 0.717) is 4.90 Å². The molecule has 7 heteroatoms. The number of anilines is 1. The largest absolute Gasteiger partial charge is 0.368 e. The Morgan fingerprint density at radius 1 is 1.16 bits per heavy atom. The Bertz CT molecular complexity index is 677. The minimum atomic E-state index is -3.16. The highest BCUT2D eigenvalue weighted by Crippen LogP contribution is 2.27. The third-order valence-corrected chi connectivity index (χ3v) is 4.38. The molecule has 100 valence electrons. The van der Waals surface area contributed by atoms with E-state index in [1.165, 1.54) is 18.0 Å². The molecule has 1 heterocycles. The quantitative estimate of drug-likeness (QED) is 0.871. The SMILES string of the molecule is Cc1cc(Sc2ccc(S(C)(=O)=O)cc2)nc(N)n1. The van der Waals surface area contributed by atoms with Crippen LogP contribution >= 0.6 is 11.8 Å². The highest BCUT2D eigenvalue weighted by Gasteiger charge is 2.07. The average molecular weight is 295 g/mol. The first-order valence-corrected chi connectivity index (χ1v) is 8.14. The van der Waals surface area contributed by atoms with Crippen LogP contribution in [-0.2, 0) is 9.84 Å². The van der Waals surface area contributed by atoms with Crippen LogP contribution in [0.1, 0.15) is 5.69 Å². The molecule has 0 radical (unpaired) electrons. The predicted molar refractivity (Wildman–Crippen MR) is 74.9 cm³/mol. The van der Waals surface area contributed by atoms with Gasteiger partial charge in [-0.3, -0.25) is 0 Å². The van der Waals surface area contributed by atoms with E-state index >= 15 is 0 Å². The highest BCUT2D eigenvalue weighted by atomic mass is 32.2. The fraction of sp³-hybridized carbons (Fsp3) is 0.167. The normalized spacial score (nSPS) is 11.5. The Labute approximate surface area is 116 Å². The van der Waals surface area contributed by atoms with E-state index in [4.69, 9.17) is 5.73 Å². The van der Waals surface area contributed by atoms with Crippen LogP contribution in [0.2, 0.25) is 0 Å². The number of nitrogens with two attached hydrogens (primary N) is 1. The van der Waals surface area contributed by atoms with Crippen molar-refractivity contribution in [1.29, 1.82) is 0 Å². The van der Waals surface area contributed by atoms with E-state index in [9.17, 15) is 8.42 Å².